The molecule has 0 saturated heterocycles. The molecule has 7 nitrogen and oxygen atoms in total. The molecule has 3 aromatic heterocycles. The predicted molar refractivity (Wildman–Crippen MR) is 114 cm³/mol. The minimum absolute atomic E-state index is 0.181. The Hall–Kier alpha value is -3.46. The van der Waals surface area contributed by atoms with E-state index in [9.17, 15) is 14.0 Å². The van der Waals surface area contributed by atoms with Crippen LogP contribution in [0.5, 0.6) is 0 Å². The molecule has 1 aromatic carbocycles. The second-order valence-electron chi connectivity index (χ2n) is 7.14. The van der Waals surface area contributed by atoms with Crippen LogP contribution in [0.1, 0.15) is 37.2 Å². The molecule has 0 aliphatic rings. The minimum atomic E-state index is -0.480. The van der Waals surface area contributed by atoms with Gasteiger partial charge in [0.2, 0.25) is 0 Å². The smallest absolute Gasteiger partial charge is 0.341 e. The van der Waals surface area contributed by atoms with Gasteiger partial charge in [-0.1, -0.05) is 0 Å². The van der Waals surface area contributed by atoms with Gasteiger partial charge in [0.05, 0.1) is 29.9 Å². The molecule has 1 amide bonds. The Kier molecular flexibility index (Phi) is 5.36. The summed E-state index contributed by atoms with van der Waals surface area (Å²) in [6.45, 7) is 3.74. The number of ether oxygens (including phenoxy) is 1. The summed E-state index contributed by atoms with van der Waals surface area (Å²) in [5.74, 6) is -0.0501. The second-order valence-corrected chi connectivity index (χ2v) is 8.17. The Morgan fingerprint density at radius 1 is 1.23 bits per heavy atom. The lowest BCUT2D eigenvalue weighted by Crippen LogP contribution is -2.25. The van der Waals surface area contributed by atoms with E-state index in [2.05, 4.69) is 5.10 Å². The van der Waals surface area contributed by atoms with Gasteiger partial charge in [-0.15, -0.1) is 11.3 Å². The summed E-state index contributed by atoms with van der Waals surface area (Å²) in [5, 5.41) is 5.39. The first kappa shape index (κ1) is 20.8. The molecule has 3 heterocycles. The number of aromatic nitrogens is 2. The van der Waals surface area contributed by atoms with Crippen LogP contribution in [0.3, 0.4) is 0 Å². The van der Waals surface area contributed by atoms with Crippen molar-refractivity contribution in [2.45, 2.75) is 20.4 Å². The summed E-state index contributed by atoms with van der Waals surface area (Å²) < 4.78 is 25.3. The lowest BCUT2D eigenvalue weighted by Gasteiger charge is -2.14. The molecular weight excluding hydrogens is 421 g/mol. The zero-order valence-electron chi connectivity index (χ0n) is 17.4. The van der Waals surface area contributed by atoms with E-state index >= 15 is 0 Å². The third kappa shape index (κ3) is 3.84. The van der Waals surface area contributed by atoms with Crippen LogP contribution in [0.2, 0.25) is 0 Å². The number of hydrogen-bond donors (Lipinski definition) is 0. The molecule has 0 bridgehead atoms. The van der Waals surface area contributed by atoms with Crippen LogP contribution < -0.4 is 0 Å². The molecule has 160 valence electrons. The Morgan fingerprint density at radius 3 is 2.61 bits per heavy atom. The zero-order chi connectivity index (χ0) is 22.3. The fourth-order valence-electron chi connectivity index (χ4n) is 3.34. The van der Waals surface area contributed by atoms with E-state index in [1.807, 2.05) is 13.0 Å². The van der Waals surface area contributed by atoms with Gasteiger partial charge in [0.25, 0.3) is 5.91 Å². The maximum Gasteiger partial charge on any atom is 0.341 e. The molecule has 0 fully saturated rings. The molecule has 31 heavy (non-hydrogen) atoms. The molecule has 0 aliphatic heterocycles. The molecule has 4 aromatic rings. The Morgan fingerprint density at radius 2 is 1.94 bits per heavy atom. The summed E-state index contributed by atoms with van der Waals surface area (Å²) in [5.41, 5.74) is 1.84. The van der Waals surface area contributed by atoms with Crippen molar-refractivity contribution in [2.75, 3.05) is 14.2 Å². The third-order valence-corrected chi connectivity index (χ3v) is 6.04. The van der Waals surface area contributed by atoms with Crippen molar-refractivity contribution < 1.29 is 23.1 Å². The Balaban J connectivity index is 1.60. The number of carbonyl (C=O) groups excluding carboxylic acids is 2. The van der Waals surface area contributed by atoms with Crippen LogP contribution in [0.25, 0.3) is 15.9 Å². The van der Waals surface area contributed by atoms with Crippen molar-refractivity contribution >= 4 is 33.4 Å². The number of rotatable bonds is 5. The van der Waals surface area contributed by atoms with E-state index in [-0.39, 0.29) is 18.3 Å². The lowest BCUT2D eigenvalue weighted by atomic mass is 10.2. The monoisotopic (exact) mass is 441 g/mol. The number of halogens is 1. The highest BCUT2D eigenvalue weighted by Crippen LogP contribution is 2.31. The van der Waals surface area contributed by atoms with Gasteiger partial charge < -0.3 is 14.1 Å². The lowest BCUT2D eigenvalue weighted by molar-refractivity contribution is 0.0598. The number of fused-ring (bicyclic) bond motifs is 1. The molecule has 0 atom stereocenters. The van der Waals surface area contributed by atoms with Gasteiger partial charge in [0, 0.05) is 12.4 Å². The van der Waals surface area contributed by atoms with E-state index in [1.165, 1.54) is 35.5 Å². The number of benzene rings is 1. The number of thiophene rings is 1. The van der Waals surface area contributed by atoms with Crippen LogP contribution in [-0.4, -0.2) is 40.7 Å². The van der Waals surface area contributed by atoms with E-state index in [0.29, 0.717) is 22.0 Å². The first-order valence-corrected chi connectivity index (χ1v) is 10.3. The highest BCUT2D eigenvalue weighted by atomic mass is 32.1. The first-order valence-electron chi connectivity index (χ1n) is 9.46. The minimum Gasteiger partial charge on any atom is -0.465 e. The normalized spacial score (nSPS) is 11.1. The SMILES string of the molecule is COC(=O)c1cc(CN(C)C(=O)c2cc3c(C)nn(-c4ccc(F)cc4)c3s2)oc1C. The van der Waals surface area contributed by atoms with Crippen molar-refractivity contribution in [1.29, 1.82) is 0 Å². The van der Waals surface area contributed by atoms with Crippen LogP contribution in [0.4, 0.5) is 4.39 Å². The predicted octanol–water partition coefficient (Wildman–Crippen LogP) is 4.49. The molecular formula is C22H20FN3O4S. The summed E-state index contributed by atoms with van der Waals surface area (Å²) in [4.78, 5) is 27.7. The van der Waals surface area contributed by atoms with Crippen molar-refractivity contribution in [3.8, 4) is 5.69 Å². The maximum atomic E-state index is 13.3. The molecule has 4 rings (SSSR count). The van der Waals surface area contributed by atoms with Gasteiger partial charge in [0.15, 0.2) is 0 Å². The van der Waals surface area contributed by atoms with Crippen molar-refractivity contribution in [3.63, 3.8) is 0 Å². The van der Waals surface area contributed by atoms with E-state index in [4.69, 9.17) is 9.15 Å². The largest absolute Gasteiger partial charge is 0.465 e. The molecule has 9 heteroatoms. The van der Waals surface area contributed by atoms with Crippen LogP contribution in [-0.2, 0) is 11.3 Å². The molecule has 0 radical (unpaired) electrons. The van der Waals surface area contributed by atoms with Crippen LogP contribution in [0, 0.1) is 19.7 Å². The van der Waals surface area contributed by atoms with Gasteiger partial charge in [0.1, 0.15) is 27.7 Å². The third-order valence-electron chi connectivity index (χ3n) is 4.94. The number of carbonyl (C=O) groups is 2. The quantitative estimate of drug-likeness (QED) is 0.426. The van der Waals surface area contributed by atoms with Gasteiger partial charge in [-0.05, 0) is 50.2 Å². The fourth-order valence-corrected chi connectivity index (χ4v) is 4.52. The average Bonchev–Trinajstić information content (AvgIpc) is 3.42. The number of nitrogens with zero attached hydrogens (tertiary/aromatic N) is 3. The number of hydrogen-bond acceptors (Lipinski definition) is 6. The van der Waals surface area contributed by atoms with E-state index in [1.54, 1.807) is 36.9 Å². The Bertz CT molecular complexity index is 1290. The number of methoxy groups -OCH3 is 1. The summed E-state index contributed by atoms with van der Waals surface area (Å²) in [6, 6.07) is 9.44. The van der Waals surface area contributed by atoms with Crippen molar-refractivity contribution in [2.24, 2.45) is 0 Å². The molecule has 0 saturated carbocycles. The number of aryl methyl sites for hydroxylation is 2. The maximum absolute atomic E-state index is 13.3. The molecule has 0 aliphatic carbocycles. The second kappa shape index (κ2) is 7.99. The summed E-state index contributed by atoms with van der Waals surface area (Å²) >= 11 is 1.32. The number of amides is 1. The molecule has 0 spiro atoms. The van der Waals surface area contributed by atoms with Crippen LogP contribution >= 0.6 is 11.3 Å². The van der Waals surface area contributed by atoms with Crippen molar-refractivity contribution in [3.05, 3.63) is 69.9 Å². The average molecular weight is 441 g/mol. The first-order chi connectivity index (χ1) is 14.8. The van der Waals surface area contributed by atoms with Crippen LogP contribution in [0.15, 0.2) is 40.8 Å². The van der Waals surface area contributed by atoms with Gasteiger partial charge >= 0.3 is 5.97 Å². The van der Waals surface area contributed by atoms with E-state index in [0.717, 1.165) is 21.6 Å². The summed E-state index contributed by atoms with van der Waals surface area (Å²) in [6.07, 6.45) is 0. The fraction of sp³-hybridized carbons (Fsp3) is 0.227. The highest BCUT2D eigenvalue weighted by molar-refractivity contribution is 7.20. The number of furan rings is 1. The highest BCUT2D eigenvalue weighted by Gasteiger charge is 2.22. The van der Waals surface area contributed by atoms with Gasteiger partial charge in [-0.3, -0.25) is 4.79 Å². The standard InChI is InChI=1S/C22H20FN3O4S/c1-12-17-10-19(31-21(17)26(24-12)15-7-5-14(23)6-8-15)20(27)25(3)11-16-9-18(13(2)30-16)22(28)29-4/h5-10H,11H2,1-4H3. The molecule has 0 N–H and O–H groups in total. The Labute approximate surface area is 181 Å². The topological polar surface area (TPSA) is 77.6 Å². The van der Waals surface area contributed by atoms with Crippen molar-refractivity contribution in [1.82, 2.24) is 14.7 Å². The van der Waals surface area contributed by atoms with Gasteiger partial charge in [-0.25, -0.2) is 13.9 Å². The number of esters is 1. The zero-order valence-corrected chi connectivity index (χ0v) is 18.2. The summed E-state index contributed by atoms with van der Waals surface area (Å²) in [7, 11) is 2.97. The van der Waals surface area contributed by atoms with Gasteiger partial charge in [-0.2, -0.15) is 5.10 Å². The molecule has 0 unspecified atom stereocenters. The van der Waals surface area contributed by atoms with E-state index < -0.39 is 5.97 Å².